The number of rotatable bonds is 7. The molecule has 1 rings (SSSR count). The van der Waals surface area contributed by atoms with Crippen molar-refractivity contribution in [3.8, 4) is 0 Å². The number of esters is 1. The Morgan fingerprint density at radius 1 is 1.14 bits per heavy atom. The molecule has 0 saturated heterocycles. The van der Waals surface area contributed by atoms with Crippen molar-refractivity contribution < 1.29 is 9.53 Å². The Morgan fingerprint density at radius 3 is 2.32 bits per heavy atom. The van der Waals surface area contributed by atoms with E-state index in [1.807, 2.05) is 39.0 Å². The average Bonchev–Trinajstić information content (AvgIpc) is 2.42. The Balaban J connectivity index is 2.30. The topological polar surface area (TPSA) is 38.7 Å². The standard InChI is InChI=1S/C19H29NO2/c1-15(20-16(2)17-12-7-6-8-13-17)11-9-10-14-18(21)22-19(3,4)5/h6-8,12-13,16H,9-11,14H2,1-5H3/t16-/m1/s1. The molecule has 22 heavy (non-hydrogen) atoms. The number of nitrogens with zero attached hydrogens (tertiary/aromatic N) is 1. The second-order valence-electron chi connectivity index (χ2n) is 6.74. The lowest BCUT2D eigenvalue weighted by Gasteiger charge is -2.19. The molecule has 0 N–H and O–H groups in total. The summed E-state index contributed by atoms with van der Waals surface area (Å²) in [6, 6.07) is 10.5. The maximum Gasteiger partial charge on any atom is 0.306 e. The van der Waals surface area contributed by atoms with Gasteiger partial charge in [0.25, 0.3) is 0 Å². The number of carbonyl (C=O) groups excluding carboxylic acids is 1. The van der Waals surface area contributed by atoms with Gasteiger partial charge in [-0.2, -0.15) is 0 Å². The first-order chi connectivity index (χ1) is 10.3. The summed E-state index contributed by atoms with van der Waals surface area (Å²) < 4.78 is 5.30. The van der Waals surface area contributed by atoms with Gasteiger partial charge >= 0.3 is 5.97 Å². The van der Waals surface area contributed by atoms with Gasteiger partial charge in [-0.15, -0.1) is 0 Å². The van der Waals surface area contributed by atoms with Crippen molar-refractivity contribution in [1.82, 2.24) is 0 Å². The van der Waals surface area contributed by atoms with Crippen LogP contribution in [0.4, 0.5) is 0 Å². The number of hydrogen-bond acceptors (Lipinski definition) is 3. The van der Waals surface area contributed by atoms with Crippen LogP contribution in [0.5, 0.6) is 0 Å². The van der Waals surface area contributed by atoms with Gasteiger partial charge in [0, 0.05) is 12.1 Å². The van der Waals surface area contributed by atoms with E-state index in [4.69, 9.17) is 9.73 Å². The lowest BCUT2D eigenvalue weighted by molar-refractivity contribution is -0.154. The van der Waals surface area contributed by atoms with Crippen LogP contribution in [0, 0.1) is 0 Å². The fraction of sp³-hybridized carbons (Fsp3) is 0.579. The lowest BCUT2D eigenvalue weighted by atomic mass is 10.1. The lowest BCUT2D eigenvalue weighted by Crippen LogP contribution is -2.23. The van der Waals surface area contributed by atoms with E-state index in [0.717, 1.165) is 25.0 Å². The minimum atomic E-state index is -0.389. The first-order valence-electron chi connectivity index (χ1n) is 8.08. The molecule has 1 aromatic rings. The summed E-state index contributed by atoms with van der Waals surface area (Å²) in [4.78, 5) is 16.3. The number of benzene rings is 1. The number of unbranched alkanes of at least 4 members (excludes halogenated alkanes) is 1. The first-order valence-corrected chi connectivity index (χ1v) is 8.08. The Kier molecular flexibility index (Phi) is 7.30. The third-order valence-electron chi connectivity index (χ3n) is 3.29. The SMILES string of the molecule is CC(CCCCC(=O)OC(C)(C)C)=N[C@H](C)c1ccccc1. The second-order valence-corrected chi connectivity index (χ2v) is 6.74. The van der Waals surface area contributed by atoms with E-state index in [-0.39, 0.29) is 17.6 Å². The van der Waals surface area contributed by atoms with Crippen molar-refractivity contribution in [3.63, 3.8) is 0 Å². The zero-order valence-corrected chi connectivity index (χ0v) is 14.6. The van der Waals surface area contributed by atoms with Gasteiger partial charge in [-0.25, -0.2) is 0 Å². The molecule has 0 heterocycles. The quantitative estimate of drug-likeness (QED) is 0.399. The zero-order chi connectivity index (χ0) is 16.6. The number of hydrogen-bond donors (Lipinski definition) is 0. The highest BCUT2D eigenvalue weighted by Crippen LogP contribution is 2.17. The highest BCUT2D eigenvalue weighted by atomic mass is 16.6. The zero-order valence-electron chi connectivity index (χ0n) is 14.6. The second kappa shape index (κ2) is 8.72. The minimum absolute atomic E-state index is 0.111. The van der Waals surface area contributed by atoms with E-state index in [1.165, 1.54) is 5.56 Å². The molecule has 1 atom stereocenters. The molecule has 0 aliphatic rings. The minimum Gasteiger partial charge on any atom is -0.460 e. The van der Waals surface area contributed by atoms with Crippen LogP contribution in [-0.4, -0.2) is 17.3 Å². The van der Waals surface area contributed by atoms with Gasteiger partial charge in [0.2, 0.25) is 0 Å². The molecule has 0 radical (unpaired) electrons. The summed E-state index contributed by atoms with van der Waals surface area (Å²) in [6.07, 6.45) is 3.23. The third kappa shape index (κ3) is 7.96. The predicted molar refractivity (Wildman–Crippen MR) is 92.3 cm³/mol. The van der Waals surface area contributed by atoms with E-state index < -0.39 is 0 Å². The molecule has 0 amide bonds. The summed E-state index contributed by atoms with van der Waals surface area (Å²) in [5.74, 6) is -0.111. The molecule has 3 heteroatoms. The van der Waals surface area contributed by atoms with Crippen LogP contribution in [0.2, 0.25) is 0 Å². The Hall–Kier alpha value is -1.64. The van der Waals surface area contributed by atoms with Gasteiger partial charge in [0.05, 0.1) is 6.04 Å². The van der Waals surface area contributed by atoms with Crippen LogP contribution in [0.15, 0.2) is 35.3 Å². The fourth-order valence-corrected chi connectivity index (χ4v) is 2.24. The highest BCUT2D eigenvalue weighted by molar-refractivity contribution is 5.82. The van der Waals surface area contributed by atoms with Crippen molar-refractivity contribution >= 4 is 11.7 Å². The van der Waals surface area contributed by atoms with Gasteiger partial charge in [-0.3, -0.25) is 9.79 Å². The highest BCUT2D eigenvalue weighted by Gasteiger charge is 2.15. The van der Waals surface area contributed by atoms with Crippen LogP contribution < -0.4 is 0 Å². The molecule has 0 aliphatic heterocycles. The molecule has 0 aromatic heterocycles. The fourth-order valence-electron chi connectivity index (χ4n) is 2.24. The molecule has 3 nitrogen and oxygen atoms in total. The van der Waals surface area contributed by atoms with E-state index in [9.17, 15) is 4.79 Å². The van der Waals surface area contributed by atoms with Gasteiger partial charge in [0.1, 0.15) is 5.60 Å². The van der Waals surface area contributed by atoms with E-state index in [2.05, 4.69) is 26.0 Å². The van der Waals surface area contributed by atoms with Crippen LogP contribution in [-0.2, 0) is 9.53 Å². The normalized spacial score (nSPS) is 13.8. The van der Waals surface area contributed by atoms with Crippen LogP contribution in [0.25, 0.3) is 0 Å². The molecule has 0 saturated carbocycles. The average molecular weight is 303 g/mol. The van der Waals surface area contributed by atoms with Crippen molar-refractivity contribution in [2.45, 2.75) is 71.9 Å². The molecule has 0 bridgehead atoms. The van der Waals surface area contributed by atoms with Crippen LogP contribution in [0.3, 0.4) is 0 Å². The molecule has 0 unspecified atom stereocenters. The Morgan fingerprint density at radius 2 is 1.73 bits per heavy atom. The molecular formula is C19H29NO2. The summed E-state index contributed by atoms with van der Waals surface area (Å²) in [5, 5.41) is 0. The van der Waals surface area contributed by atoms with Crippen LogP contribution >= 0.6 is 0 Å². The van der Waals surface area contributed by atoms with Crippen molar-refractivity contribution in [1.29, 1.82) is 0 Å². The first kappa shape index (κ1) is 18.4. The number of carbonyl (C=O) groups is 1. The van der Waals surface area contributed by atoms with Crippen molar-refractivity contribution in [3.05, 3.63) is 35.9 Å². The van der Waals surface area contributed by atoms with Gasteiger partial charge in [0.15, 0.2) is 0 Å². The van der Waals surface area contributed by atoms with Crippen molar-refractivity contribution in [2.24, 2.45) is 4.99 Å². The molecule has 1 aromatic carbocycles. The molecule has 0 spiro atoms. The summed E-state index contributed by atoms with van der Waals surface area (Å²) in [6.45, 7) is 9.86. The Labute approximate surface area is 134 Å². The summed E-state index contributed by atoms with van der Waals surface area (Å²) in [7, 11) is 0. The van der Waals surface area contributed by atoms with Crippen molar-refractivity contribution in [2.75, 3.05) is 0 Å². The molecule has 122 valence electrons. The Bertz CT molecular complexity index is 486. The number of ether oxygens (including phenoxy) is 1. The van der Waals surface area contributed by atoms with Gasteiger partial charge in [-0.1, -0.05) is 30.3 Å². The molecule has 0 fully saturated rings. The number of aliphatic imine (C=N–C) groups is 1. The van der Waals surface area contributed by atoms with Gasteiger partial charge < -0.3 is 4.74 Å². The predicted octanol–water partition coefficient (Wildman–Crippen LogP) is 5.11. The van der Waals surface area contributed by atoms with E-state index in [0.29, 0.717) is 6.42 Å². The molecular weight excluding hydrogens is 274 g/mol. The van der Waals surface area contributed by atoms with E-state index >= 15 is 0 Å². The monoisotopic (exact) mass is 303 g/mol. The smallest absolute Gasteiger partial charge is 0.306 e. The maximum atomic E-state index is 11.6. The van der Waals surface area contributed by atoms with E-state index in [1.54, 1.807) is 0 Å². The van der Waals surface area contributed by atoms with Gasteiger partial charge in [-0.05, 0) is 59.4 Å². The third-order valence-corrected chi connectivity index (χ3v) is 3.29. The van der Waals surface area contributed by atoms with Crippen LogP contribution in [0.1, 0.15) is 71.9 Å². The molecule has 0 aliphatic carbocycles. The summed E-state index contributed by atoms with van der Waals surface area (Å²) >= 11 is 0. The summed E-state index contributed by atoms with van der Waals surface area (Å²) in [5.41, 5.74) is 1.98. The largest absolute Gasteiger partial charge is 0.460 e. The maximum absolute atomic E-state index is 11.6.